The molecule has 1 aliphatic heterocycles. The highest BCUT2D eigenvalue weighted by molar-refractivity contribution is 6.31. The Morgan fingerprint density at radius 1 is 0.951 bits per heavy atom. The van der Waals surface area contributed by atoms with Crippen molar-refractivity contribution < 1.29 is 9.59 Å². The summed E-state index contributed by atoms with van der Waals surface area (Å²) in [4.78, 5) is 42.2. The number of amides is 2. The number of halogens is 1. The number of nitrogens with zero attached hydrogens (tertiary/aromatic N) is 5. The Kier molecular flexibility index (Phi) is 9.52. The molecule has 1 aromatic heterocycles. The molecule has 1 aliphatic carbocycles. The van der Waals surface area contributed by atoms with Gasteiger partial charge in [-0.2, -0.15) is 0 Å². The third-order valence-electron chi connectivity index (χ3n) is 7.64. The van der Waals surface area contributed by atoms with Crippen LogP contribution >= 0.6 is 11.6 Å². The maximum absolute atomic E-state index is 13.7. The first-order chi connectivity index (χ1) is 19.9. The Bertz CT molecular complexity index is 1340. The van der Waals surface area contributed by atoms with Gasteiger partial charge in [0, 0.05) is 74.6 Å². The van der Waals surface area contributed by atoms with E-state index in [0.29, 0.717) is 43.6 Å². The summed E-state index contributed by atoms with van der Waals surface area (Å²) in [6.45, 7) is 8.30. The number of fused-ring (bicyclic) bond motifs is 1. The first-order valence-electron chi connectivity index (χ1n) is 14.6. The number of anilines is 2. The van der Waals surface area contributed by atoms with Gasteiger partial charge < -0.3 is 15.1 Å². The number of nitrogens with one attached hydrogen (secondary N) is 1. The lowest BCUT2D eigenvalue weighted by Crippen LogP contribution is -2.39. The summed E-state index contributed by atoms with van der Waals surface area (Å²) in [7, 11) is 0. The molecule has 1 N–H and O–H groups in total. The van der Waals surface area contributed by atoms with Crippen molar-refractivity contribution in [1.29, 1.82) is 0 Å². The molecular formula is C32H39ClN6O2. The normalized spacial score (nSPS) is 16.6. The molecule has 0 atom stereocenters. The summed E-state index contributed by atoms with van der Waals surface area (Å²) in [5, 5.41) is 3.81. The Balaban J connectivity index is 1.37. The van der Waals surface area contributed by atoms with E-state index in [1.807, 2.05) is 54.0 Å². The van der Waals surface area contributed by atoms with E-state index in [0.717, 1.165) is 61.5 Å². The fraction of sp³-hybridized carbons (Fsp3) is 0.438. The van der Waals surface area contributed by atoms with E-state index in [9.17, 15) is 9.59 Å². The second kappa shape index (κ2) is 13.4. The summed E-state index contributed by atoms with van der Waals surface area (Å²) in [6, 6.07) is 18.0. The average molecular weight is 575 g/mol. The first-order valence-corrected chi connectivity index (χ1v) is 14.9. The predicted molar refractivity (Wildman–Crippen MR) is 163 cm³/mol. The lowest BCUT2D eigenvalue weighted by Gasteiger charge is -2.28. The van der Waals surface area contributed by atoms with Crippen molar-refractivity contribution in [2.75, 3.05) is 42.9 Å². The summed E-state index contributed by atoms with van der Waals surface area (Å²) >= 11 is 6.46. The van der Waals surface area contributed by atoms with Gasteiger partial charge in [-0.05, 0) is 62.4 Å². The number of benzene rings is 2. The fourth-order valence-corrected chi connectivity index (χ4v) is 5.56. The number of hydrogen-bond donors (Lipinski definition) is 1. The number of aryl methyl sites for hydroxylation is 2. The van der Waals surface area contributed by atoms with Gasteiger partial charge in [0.15, 0.2) is 0 Å². The van der Waals surface area contributed by atoms with Crippen LogP contribution in [0.15, 0.2) is 54.6 Å². The quantitative estimate of drug-likeness (QED) is 0.416. The van der Waals surface area contributed by atoms with Crippen LogP contribution in [-0.2, 0) is 22.7 Å². The maximum atomic E-state index is 13.7. The van der Waals surface area contributed by atoms with Gasteiger partial charge in [-0.25, -0.2) is 9.97 Å². The third-order valence-corrected chi connectivity index (χ3v) is 7.88. The smallest absolute Gasteiger partial charge is 0.230 e. The van der Waals surface area contributed by atoms with Crippen molar-refractivity contribution in [1.82, 2.24) is 19.8 Å². The van der Waals surface area contributed by atoms with E-state index in [4.69, 9.17) is 11.6 Å². The van der Waals surface area contributed by atoms with Crippen molar-refractivity contribution in [3.63, 3.8) is 0 Å². The van der Waals surface area contributed by atoms with Crippen LogP contribution in [0, 0.1) is 19.8 Å². The van der Waals surface area contributed by atoms with Crippen LogP contribution in [0.25, 0.3) is 0 Å². The fourth-order valence-electron chi connectivity index (χ4n) is 5.39. The summed E-state index contributed by atoms with van der Waals surface area (Å²) in [6.07, 6.45) is 3.02. The van der Waals surface area contributed by atoms with Crippen LogP contribution in [0.1, 0.15) is 48.2 Å². The van der Waals surface area contributed by atoms with Crippen molar-refractivity contribution in [3.8, 4) is 0 Å². The highest BCUT2D eigenvalue weighted by atomic mass is 35.5. The van der Waals surface area contributed by atoms with E-state index in [-0.39, 0.29) is 17.7 Å². The molecule has 0 bridgehead atoms. The van der Waals surface area contributed by atoms with Gasteiger partial charge in [0.25, 0.3) is 0 Å². The molecule has 41 heavy (non-hydrogen) atoms. The lowest BCUT2D eigenvalue weighted by molar-refractivity contribution is -0.131. The lowest BCUT2D eigenvalue weighted by atomic mass is 10.1. The van der Waals surface area contributed by atoms with Gasteiger partial charge in [-0.3, -0.25) is 14.5 Å². The molecule has 1 saturated carbocycles. The average Bonchev–Trinajstić information content (AvgIpc) is 3.79. The van der Waals surface area contributed by atoms with Gasteiger partial charge in [0.2, 0.25) is 17.8 Å². The van der Waals surface area contributed by atoms with Crippen LogP contribution in [0.5, 0.6) is 0 Å². The van der Waals surface area contributed by atoms with Crippen molar-refractivity contribution in [2.24, 2.45) is 5.92 Å². The highest BCUT2D eigenvalue weighted by Gasteiger charge is 2.35. The van der Waals surface area contributed by atoms with Gasteiger partial charge in [-0.15, -0.1) is 0 Å². The molecule has 8 nitrogen and oxygen atoms in total. The number of rotatable bonds is 7. The summed E-state index contributed by atoms with van der Waals surface area (Å²) in [5.41, 5.74) is 4.78. The topological polar surface area (TPSA) is 81.7 Å². The third kappa shape index (κ3) is 8.05. The number of carbonyl (C=O) groups excluding carboxylic acids is 2. The summed E-state index contributed by atoms with van der Waals surface area (Å²) < 4.78 is 0. The monoisotopic (exact) mass is 574 g/mol. The van der Waals surface area contributed by atoms with Gasteiger partial charge in [-0.1, -0.05) is 48.0 Å². The molecule has 2 aromatic carbocycles. The van der Waals surface area contributed by atoms with Crippen LogP contribution in [0.2, 0.25) is 5.02 Å². The molecule has 216 valence electrons. The van der Waals surface area contributed by atoms with Crippen LogP contribution < -0.4 is 10.2 Å². The predicted octanol–water partition coefficient (Wildman–Crippen LogP) is 5.23. The molecule has 2 amide bonds. The van der Waals surface area contributed by atoms with Crippen molar-refractivity contribution >= 4 is 35.1 Å². The zero-order valence-corrected chi connectivity index (χ0v) is 24.7. The van der Waals surface area contributed by atoms with Crippen molar-refractivity contribution in [2.45, 2.75) is 52.6 Å². The number of hydrogen-bond acceptors (Lipinski definition) is 6. The molecule has 0 radical (unpaired) electrons. The number of carbonyl (C=O) groups is 2. The van der Waals surface area contributed by atoms with Crippen LogP contribution in [0.3, 0.4) is 0 Å². The number of aromatic nitrogens is 2. The minimum Gasteiger partial charge on any atom is -0.354 e. The van der Waals surface area contributed by atoms with E-state index < -0.39 is 0 Å². The van der Waals surface area contributed by atoms with Gasteiger partial charge in [0.05, 0.1) is 5.69 Å². The Hall–Kier alpha value is -3.49. The molecule has 0 spiro atoms. The largest absolute Gasteiger partial charge is 0.354 e. The van der Waals surface area contributed by atoms with E-state index in [2.05, 4.69) is 44.5 Å². The van der Waals surface area contributed by atoms with Crippen LogP contribution in [0.4, 0.5) is 11.6 Å². The highest BCUT2D eigenvalue weighted by Crippen LogP contribution is 2.35. The maximum Gasteiger partial charge on any atom is 0.230 e. The molecule has 2 heterocycles. The standard InChI is InChI=1S/C32H39ClN6O2/c1-23-19-24(2)36-32(35-23)34-14-13-30(40)38-18-17-37(21-25-7-4-3-5-8-25)15-6-16-39(31(41)26-9-10-26)29-20-28(33)12-11-27(29)22-38/h3-5,7-8,11-12,19-20,26H,6,9-10,13-18,21-22H2,1-2H3,(H,34,35,36). The van der Waals surface area contributed by atoms with Gasteiger partial charge >= 0.3 is 0 Å². The molecule has 0 unspecified atom stereocenters. The minimum absolute atomic E-state index is 0.0433. The molecule has 1 fully saturated rings. The van der Waals surface area contributed by atoms with E-state index in [1.54, 1.807) is 0 Å². The molecular weight excluding hydrogens is 536 g/mol. The Morgan fingerprint density at radius 2 is 1.71 bits per heavy atom. The molecule has 0 saturated heterocycles. The molecule has 3 aromatic rings. The zero-order valence-electron chi connectivity index (χ0n) is 24.0. The second-order valence-corrected chi connectivity index (χ2v) is 11.6. The first kappa shape index (κ1) is 29.0. The Morgan fingerprint density at radius 3 is 2.44 bits per heavy atom. The molecule has 5 rings (SSSR count). The van der Waals surface area contributed by atoms with Crippen LogP contribution in [-0.4, -0.2) is 64.3 Å². The zero-order chi connectivity index (χ0) is 28.8. The van der Waals surface area contributed by atoms with Crippen molar-refractivity contribution in [3.05, 3.63) is 82.1 Å². The second-order valence-electron chi connectivity index (χ2n) is 11.1. The SMILES string of the molecule is Cc1cc(C)nc(NCCC(=O)N2CCN(Cc3ccccc3)CCCN(C(=O)C3CC3)c3cc(Cl)ccc3C2)n1. The minimum atomic E-state index is 0.0433. The molecule has 9 heteroatoms. The molecule has 2 aliphatic rings. The Labute approximate surface area is 247 Å². The summed E-state index contributed by atoms with van der Waals surface area (Å²) in [5.74, 6) is 0.833. The van der Waals surface area contributed by atoms with E-state index in [1.165, 1.54) is 5.56 Å². The van der Waals surface area contributed by atoms with Gasteiger partial charge in [0.1, 0.15) is 0 Å². The van der Waals surface area contributed by atoms with E-state index >= 15 is 0 Å².